The lowest BCUT2D eigenvalue weighted by atomic mass is 9.95. The van der Waals surface area contributed by atoms with Crippen molar-refractivity contribution in [2.45, 2.75) is 51.0 Å². The van der Waals surface area contributed by atoms with Crippen LogP contribution in [0.5, 0.6) is 0 Å². The molecule has 1 aliphatic carbocycles. The smallest absolute Gasteiger partial charge is 0.220 e. The molecule has 1 fully saturated rings. The number of rotatable bonds is 7. The lowest BCUT2D eigenvalue weighted by Crippen LogP contribution is -2.40. The highest BCUT2D eigenvalue weighted by atomic mass is 35.5. The summed E-state index contributed by atoms with van der Waals surface area (Å²) in [5.74, 6) is 0.852. The molecule has 0 radical (unpaired) electrons. The second-order valence-corrected chi connectivity index (χ2v) is 6.85. The van der Waals surface area contributed by atoms with Gasteiger partial charge in [-0.05, 0) is 37.0 Å². The molecule has 1 atom stereocenters. The van der Waals surface area contributed by atoms with E-state index in [1.807, 2.05) is 31.2 Å². The predicted molar refractivity (Wildman–Crippen MR) is 90.0 cm³/mol. The third-order valence-electron chi connectivity index (χ3n) is 4.76. The third-order valence-corrected chi connectivity index (χ3v) is 5.00. The molecule has 0 bridgehead atoms. The minimum Gasteiger partial charge on any atom is -0.372 e. The first-order valence-corrected chi connectivity index (χ1v) is 8.49. The van der Waals surface area contributed by atoms with Gasteiger partial charge in [-0.3, -0.25) is 4.79 Å². The van der Waals surface area contributed by atoms with E-state index in [2.05, 4.69) is 5.32 Å². The summed E-state index contributed by atoms with van der Waals surface area (Å²) >= 11 is 6.05. The van der Waals surface area contributed by atoms with E-state index in [1.54, 1.807) is 7.11 Å². The second kappa shape index (κ2) is 7.98. The maximum absolute atomic E-state index is 12.1. The third kappa shape index (κ3) is 4.72. The first kappa shape index (κ1) is 17.3. The van der Waals surface area contributed by atoms with Gasteiger partial charge in [-0.2, -0.15) is 0 Å². The fourth-order valence-electron chi connectivity index (χ4n) is 3.10. The molecule has 1 amide bonds. The van der Waals surface area contributed by atoms with Crippen LogP contribution in [-0.2, 0) is 15.1 Å². The molecule has 1 saturated carbocycles. The summed E-state index contributed by atoms with van der Waals surface area (Å²) in [6.07, 6.45) is 6.83. The van der Waals surface area contributed by atoms with Crippen LogP contribution < -0.4 is 5.32 Å². The number of hydrogen-bond acceptors (Lipinski definition) is 2. The molecule has 2 rings (SSSR count). The van der Waals surface area contributed by atoms with E-state index in [-0.39, 0.29) is 5.91 Å². The first-order valence-electron chi connectivity index (χ1n) is 8.11. The highest BCUT2D eigenvalue weighted by molar-refractivity contribution is 6.30. The summed E-state index contributed by atoms with van der Waals surface area (Å²) in [6.45, 7) is 2.42. The van der Waals surface area contributed by atoms with E-state index in [4.69, 9.17) is 16.3 Å². The number of hydrogen-bond donors (Lipinski definition) is 1. The van der Waals surface area contributed by atoms with Gasteiger partial charge < -0.3 is 10.1 Å². The first-order chi connectivity index (χ1) is 10.5. The van der Waals surface area contributed by atoms with E-state index in [9.17, 15) is 4.79 Å². The normalized spacial score (nSPS) is 18.1. The van der Waals surface area contributed by atoms with E-state index in [1.165, 1.54) is 25.7 Å². The molecule has 1 N–H and O–H groups in total. The molecular formula is C18H26ClNO2. The Bertz CT molecular complexity index is 500. The van der Waals surface area contributed by atoms with Crippen molar-refractivity contribution in [2.24, 2.45) is 5.92 Å². The Morgan fingerprint density at radius 1 is 1.41 bits per heavy atom. The molecule has 0 spiro atoms. The summed E-state index contributed by atoms with van der Waals surface area (Å²) in [7, 11) is 1.66. The zero-order valence-corrected chi connectivity index (χ0v) is 14.3. The van der Waals surface area contributed by atoms with Crippen molar-refractivity contribution in [2.75, 3.05) is 13.7 Å². The average Bonchev–Trinajstić information content (AvgIpc) is 3.04. The molecule has 0 saturated heterocycles. The molecule has 22 heavy (non-hydrogen) atoms. The van der Waals surface area contributed by atoms with Crippen molar-refractivity contribution < 1.29 is 9.53 Å². The van der Waals surface area contributed by atoms with Gasteiger partial charge in [0.25, 0.3) is 0 Å². The van der Waals surface area contributed by atoms with Crippen LogP contribution in [0.1, 0.15) is 51.0 Å². The van der Waals surface area contributed by atoms with Crippen molar-refractivity contribution >= 4 is 17.5 Å². The number of carbonyl (C=O) groups excluding carboxylic acids is 1. The molecule has 1 aromatic rings. The molecule has 3 nitrogen and oxygen atoms in total. The van der Waals surface area contributed by atoms with Gasteiger partial charge in [0.15, 0.2) is 0 Å². The molecule has 0 heterocycles. The van der Waals surface area contributed by atoms with Gasteiger partial charge in [-0.25, -0.2) is 0 Å². The maximum Gasteiger partial charge on any atom is 0.220 e. The van der Waals surface area contributed by atoms with Crippen LogP contribution >= 0.6 is 11.6 Å². The van der Waals surface area contributed by atoms with Crippen LogP contribution in [0.15, 0.2) is 24.3 Å². The number of amides is 1. The minimum absolute atomic E-state index is 0.109. The maximum atomic E-state index is 12.1. The van der Waals surface area contributed by atoms with Gasteiger partial charge in [-0.1, -0.05) is 49.4 Å². The number of nitrogens with one attached hydrogen (secondary N) is 1. The molecule has 122 valence electrons. The molecule has 0 aliphatic heterocycles. The van der Waals surface area contributed by atoms with Gasteiger partial charge in [0.2, 0.25) is 5.91 Å². The standard InChI is InChI=1S/C18H26ClNO2/c1-18(22-2,15-8-5-9-16(19)12-15)13-20-17(21)11-10-14-6-3-4-7-14/h5,8-9,12,14H,3-4,6-7,10-11,13H2,1-2H3,(H,20,21). The van der Waals surface area contributed by atoms with Crippen molar-refractivity contribution in [3.05, 3.63) is 34.9 Å². The Kier molecular flexibility index (Phi) is 6.27. The summed E-state index contributed by atoms with van der Waals surface area (Å²) < 4.78 is 5.63. The Morgan fingerprint density at radius 3 is 2.77 bits per heavy atom. The quantitative estimate of drug-likeness (QED) is 0.813. The molecule has 1 aromatic carbocycles. The molecule has 1 aliphatic rings. The summed E-state index contributed by atoms with van der Waals surface area (Å²) in [5.41, 5.74) is 0.409. The molecule has 4 heteroatoms. The fourth-order valence-corrected chi connectivity index (χ4v) is 3.29. The van der Waals surface area contributed by atoms with Gasteiger partial charge in [0.1, 0.15) is 5.60 Å². The fraction of sp³-hybridized carbons (Fsp3) is 0.611. The Morgan fingerprint density at radius 2 is 2.14 bits per heavy atom. The average molecular weight is 324 g/mol. The zero-order chi connectivity index (χ0) is 16.0. The lowest BCUT2D eigenvalue weighted by Gasteiger charge is -2.29. The molecule has 0 aromatic heterocycles. The van der Waals surface area contributed by atoms with E-state index < -0.39 is 5.60 Å². The predicted octanol–water partition coefficient (Wildman–Crippen LogP) is 4.29. The minimum atomic E-state index is -0.562. The van der Waals surface area contributed by atoms with Gasteiger partial charge in [0, 0.05) is 18.6 Å². The monoisotopic (exact) mass is 323 g/mol. The van der Waals surface area contributed by atoms with Crippen molar-refractivity contribution in [3.63, 3.8) is 0 Å². The van der Waals surface area contributed by atoms with Crippen molar-refractivity contribution in [3.8, 4) is 0 Å². The summed E-state index contributed by atoms with van der Waals surface area (Å²) in [4.78, 5) is 12.1. The van der Waals surface area contributed by atoms with Crippen LogP contribution in [-0.4, -0.2) is 19.6 Å². The number of halogens is 1. The number of methoxy groups -OCH3 is 1. The molecule has 1 unspecified atom stereocenters. The largest absolute Gasteiger partial charge is 0.372 e. The van der Waals surface area contributed by atoms with E-state index >= 15 is 0 Å². The van der Waals surface area contributed by atoms with Crippen molar-refractivity contribution in [1.82, 2.24) is 5.32 Å². The second-order valence-electron chi connectivity index (χ2n) is 6.41. The van der Waals surface area contributed by atoms with Crippen molar-refractivity contribution in [1.29, 1.82) is 0 Å². The van der Waals surface area contributed by atoms with Crippen LogP contribution in [0.3, 0.4) is 0 Å². The number of benzene rings is 1. The zero-order valence-electron chi connectivity index (χ0n) is 13.5. The summed E-state index contributed by atoms with van der Waals surface area (Å²) in [6, 6.07) is 7.59. The van der Waals surface area contributed by atoms with Gasteiger partial charge in [-0.15, -0.1) is 0 Å². The van der Waals surface area contributed by atoms with Crippen LogP contribution in [0.2, 0.25) is 5.02 Å². The van der Waals surface area contributed by atoms with Gasteiger partial charge >= 0.3 is 0 Å². The SMILES string of the molecule is COC(C)(CNC(=O)CCC1CCCC1)c1cccc(Cl)c1. The van der Waals surface area contributed by atoms with Gasteiger partial charge in [0.05, 0.1) is 6.54 Å². The van der Waals surface area contributed by atoms with E-state index in [0.29, 0.717) is 18.0 Å². The van der Waals surface area contributed by atoms with E-state index in [0.717, 1.165) is 17.9 Å². The Labute approximate surface area is 138 Å². The lowest BCUT2D eigenvalue weighted by molar-refractivity contribution is -0.123. The summed E-state index contributed by atoms with van der Waals surface area (Å²) in [5, 5.41) is 3.68. The number of ether oxygens (including phenoxy) is 1. The topological polar surface area (TPSA) is 38.3 Å². The van der Waals surface area contributed by atoms with Crippen LogP contribution in [0.4, 0.5) is 0 Å². The highest BCUT2D eigenvalue weighted by Gasteiger charge is 2.27. The Hall–Kier alpha value is -1.06. The van der Waals surface area contributed by atoms with Crippen LogP contribution in [0, 0.1) is 5.92 Å². The Balaban J connectivity index is 1.85. The highest BCUT2D eigenvalue weighted by Crippen LogP contribution is 2.29. The number of carbonyl (C=O) groups is 1. The molecular weight excluding hydrogens is 298 g/mol. The van der Waals surface area contributed by atoms with Crippen LogP contribution in [0.25, 0.3) is 0 Å².